The average molecular weight is 401 g/mol. The van der Waals surface area contributed by atoms with Crippen LogP contribution in [0.4, 0.5) is 0 Å². The number of likely N-dealkylation sites (tertiary alicyclic amines) is 1. The predicted molar refractivity (Wildman–Crippen MR) is 103 cm³/mol. The Balaban J connectivity index is 1.24. The predicted octanol–water partition coefficient (Wildman–Crippen LogP) is 3.80. The summed E-state index contributed by atoms with van der Waals surface area (Å²) in [6.07, 6.45) is 3.41. The van der Waals surface area contributed by atoms with Crippen molar-refractivity contribution < 1.29 is 19.1 Å². The molecule has 2 aliphatic rings. The Morgan fingerprint density at radius 3 is 2.75 bits per heavy atom. The van der Waals surface area contributed by atoms with Gasteiger partial charge < -0.3 is 14.4 Å². The van der Waals surface area contributed by atoms with E-state index in [9.17, 15) is 9.59 Å². The van der Waals surface area contributed by atoms with E-state index in [1.807, 2.05) is 29.2 Å². The first-order valence-corrected chi connectivity index (χ1v) is 9.78. The largest absolute Gasteiger partial charge is 0.465 e. The minimum absolute atomic E-state index is 0.141. The fraction of sp³-hybridized carbons (Fsp3) is 0.381. The number of hydrogen-bond acceptors (Lipinski definition) is 5. The number of carbonyl (C=O) groups is 2. The molecule has 6 nitrogen and oxygen atoms in total. The molecule has 2 aliphatic heterocycles. The van der Waals surface area contributed by atoms with Crippen molar-refractivity contribution >= 4 is 23.5 Å². The molecule has 4 rings (SSSR count). The molecule has 146 valence electrons. The lowest BCUT2D eigenvalue weighted by Crippen LogP contribution is -2.48. The lowest BCUT2D eigenvalue weighted by Gasteiger charge is -2.39. The van der Waals surface area contributed by atoms with Crippen LogP contribution in [0, 0.1) is 5.92 Å². The quantitative estimate of drug-likeness (QED) is 0.690. The van der Waals surface area contributed by atoms with Crippen molar-refractivity contribution in [2.75, 3.05) is 19.7 Å². The summed E-state index contributed by atoms with van der Waals surface area (Å²) in [6, 6.07) is 11.1. The highest BCUT2D eigenvalue weighted by Crippen LogP contribution is 2.31. The van der Waals surface area contributed by atoms with Gasteiger partial charge in [0.1, 0.15) is 5.75 Å². The Morgan fingerprint density at radius 2 is 2.07 bits per heavy atom. The fourth-order valence-corrected chi connectivity index (χ4v) is 3.64. The Morgan fingerprint density at radius 1 is 1.25 bits per heavy atom. The SMILES string of the molecule is O=C1C[C@H](CCC(=O)N2CC(c3ccc(Oc4ccccc4Cl)nc3)C2)CO1. The summed E-state index contributed by atoms with van der Waals surface area (Å²) in [5, 5.41) is 0.537. The van der Waals surface area contributed by atoms with Crippen LogP contribution in [0.25, 0.3) is 0 Å². The number of hydrogen-bond donors (Lipinski definition) is 0. The standard InChI is InChI=1S/C21H21ClN2O4/c22-17-3-1-2-4-18(17)28-19-7-6-15(10-23-19)16-11-24(12-16)20(25)8-5-14-9-21(26)27-13-14/h1-4,6-7,10,14,16H,5,8-9,11-13H2/t14-/m0/s1. The van der Waals surface area contributed by atoms with Crippen molar-refractivity contribution in [2.45, 2.75) is 25.2 Å². The molecule has 1 amide bonds. The molecule has 1 atom stereocenters. The van der Waals surface area contributed by atoms with Gasteiger partial charge in [-0.3, -0.25) is 9.59 Å². The number of aromatic nitrogens is 1. The van der Waals surface area contributed by atoms with Crippen molar-refractivity contribution in [3.63, 3.8) is 0 Å². The first-order valence-electron chi connectivity index (χ1n) is 9.40. The molecule has 0 unspecified atom stereocenters. The van der Waals surface area contributed by atoms with E-state index in [1.165, 1.54) is 0 Å². The van der Waals surface area contributed by atoms with Gasteiger partial charge in [0.2, 0.25) is 11.8 Å². The molecule has 0 N–H and O–H groups in total. The fourth-order valence-electron chi connectivity index (χ4n) is 3.46. The Labute approximate surface area is 168 Å². The van der Waals surface area contributed by atoms with Crippen LogP contribution in [0.3, 0.4) is 0 Å². The monoisotopic (exact) mass is 400 g/mol. The Hall–Kier alpha value is -2.60. The van der Waals surface area contributed by atoms with Crippen LogP contribution >= 0.6 is 11.6 Å². The van der Waals surface area contributed by atoms with Crippen LogP contribution < -0.4 is 4.74 Å². The maximum absolute atomic E-state index is 12.3. The van der Waals surface area contributed by atoms with Gasteiger partial charge in [-0.05, 0) is 24.1 Å². The lowest BCUT2D eigenvalue weighted by atomic mass is 9.92. The smallest absolute Gasteiger partial charge is 0.306 e. The summed E-state index contributed by atoms with van der Waals surface area (Å²) in [5.74, 6) is 1.51. The molecular weight excluding hydrogens is 380 g/mol. The van der Waals surface area contributed by atoms with Gasteiger partial charge in [0.25, 0.3) is 0 Å². The highest BCUT2D eigenvalue weighted by atomic mass is 35.5. The number of pyridine rings is 1. The zero-order valence-corrected chi connectivity index (χ0v) is 16.1. The molecule has 2 aromatic rings. The van der Waals surface area contributed by atoms with Crippen molar-refractivity contribution in [1.82, 2.24) is 9.88 Å². The van der Waals surface area contributed by atoms with E-state index >= 15 is 0 Å². The van der Waals surface area contributed by atoms with Crippen molar-refractivity contribution in [2.24, 2.45) is 5.92 Å². The molecule has 2 saturated heterocycles. The lowest BCUT2D eigenvalue weighted by molar-refractivity contribution is -0.138. The van der Waals surface area contributed by atoms with Crippen LogP contribution in [0.5, 0.6) is 11.6 Å². The van der Waals surface area contributed by atoms with Gasteiger partial charge in [-0.2, -0.15) is 0 Å². The maximum Gasteiger partial charge on any atom is 0.306 e. The highest BCUT2D eigenvalue weighted by molar-refractivity contribution is 6.32. The summed E-state index contributed by atoms with van der Waals surface area (Å²) in [4.78, 5) is 29.6. The minimum atomic E-state index is -0.157. The second-order valence-electron chi connectivity index (χ2n) is 7.25. The first-order chi connectivity index (χ1) is 13.6. The number of benzene rings is 1. The summed E-state index contributed by atoms with van der Waals surface area (Å²) < 4.78 is 10.6. The third-order valence-electron chi connectivity index (χ3n) is 5.22. The van der Waals surface area contributed by atoms with Crippen LogP contribution in [-0.4, -0.2) is 41.5 Å². The first kappa shape index (κ1) is 18.7. The van der Waals surface area contributed by atoms with E-state index < -0.39 is 0 Å². The molecule has 0 aliphatic carbocycles. The zero-order valence-electron chi connectivity index (χ0n) is 15.3. The molecule has 28 heavy (non-hydrogen) atoms. The number of cyclic esters (lactones) is 1. The molecule has 1 aromatic carbocycles. The average Bonchev–Trinajstić information content (AvgIpc) is 3.07. The molecule has 1 aromatic heterocycles. The summed E-state index contributed by atoms with van der Waals surface area (Å²) in [5.41, 5.74) is 1.09. The summed E-state index contributed by atoms with van der Waals surface area (Å²) in [6.45, 7) is 1.85. The van der Waals surface area contributed by atoms with Gasteiger partial charge in [0, 0.05) is 43.6 Å². The number of para-hydroxylation sites is 1. The van der Waals surface area contributed by atoms with Crippen molar-refractivity contribution in [1.29, 1.82) is 0 Å². The van der Waals surface area contributed by atoms with Gasteiger partial charge in [-0.15, -0.1) is 0 Å². The number of amides is 1. The van der Waals surface area contributed by atoms with Crippen LogP contribution in [-0.2, 0) is 14.3 Å². The van der Waals surface area contributed by atoms with Crippen molar-refractivity contribution in [3.8, 4) is 11.6 Å². The second kappa shape index (κ2) is 8.19. The van der Waals surface area contributed by atoms with E-state index in [0.29, 0.717) is 61.5 Å². The Kier molecular flexibility index (Phi) is 5.48. The van der Waals surface area contributed by atoms with Gasteiger partial charge >= 0.3 is 5.97 Å². The summed E-state index contributed by atoms with van der Waals surface area (Å²) >= 11 is 6.09. The van der Waals surface area contributed by atoms with E-state index in [1.54, 1.807) is 18.3 Å². The molecule has 0 bridgehead atoms. The van der Waals surface area contributed by atoms with E-state index in [2.05, 4.69) is 4.98 Å². The van der Waals surface area contributed by atoms with Gasteiger partial charge in [0.15, 0.2) is 0 Å². The summed E-state index contributed by atoms with van der Waals surface area (Å²) in [7, 11) is 0. The van der Waals surface area contributed by atoms with E-state index in [-0.39, 0.29) is 17.8 Å². The molecule has 2 fully saturated rings. The molecule has 0 saturated carbocycles. The van der Waals surface area contributed by atoms with Gasteiger partial charge in [-0.25, -0.2) is 4.98 Å². The number of esters is 1. The zero-order chi connectivity index (χ0) is 19.5. The third kappa shape index (κ3) is 4.28. The van der Waals surface area contributed by atoms with Crippen LogP contribution in [0.15, 0.2) is 42.6 Å². The molecule has 0 spiro atoms. The topological polar surface area (TPSA) is 68.7 Å². The van der Waals surface area contributed by atoms with Crippen LogP contribution in [0.2, 0.25) is 5.02 Å². The highest BCUT2D eigenvalue weighted by Gasteiger charge is 2.32. The molecular formula is C21H21ClN2O4. The van der Waals surface area contributed by atoms with E-state index in [4.69, 9.17) is 21.1 Å². The number of carbonyl (C=O) groups excluding carboxylic acids is 2. The number of nitrogens with zero attached hydrogens (tertiary/aromatic N) is 2. The third-order valence-corrected chi connectivity index (χ3v) is 5.53. The molecule has 7 heteroatoms. The molecule has 0 radical (unpaired) electrons. The normalized spacial score (nSPS) is 19.2. The van der Waals surface area contributed by atoms with E-state index in [0.717, 1.165) is 5.56 Å². The van der Waals surface area contributed by atoms with Gasteiger partial charge in [-0.1, -0.05) is 29.8 Å². The number of halogens is 1. The van der Waals surface area contributed by atoms with Crippen LogP contribution in [0.1, 0.15) is 30.7 Å². The number of ether oxygens (including phenoxy) is 2. The number of rotatable bonds is 6. The Bertz CT molecular complexity index is 865. The molecule has 3 heterocycles. The maximum atomic E-state index is 12.3. The minimum Gasteiger partial charge on any atom is -0.465 e. The van der Waals surface area contributed by atoms with Gasteiger partial charge in [0.05, 0.1) is 18.1 Å². The second-order valence-corrected chi connectivity index (χ2v) is 7.66. The van der Waals surface area contributed by atoms with Crippen molar-refractivity contribution in [3.05, 3.63) is 53.2 Å².